The molecule has 1 unspecified atom stereocenters. The van der Waals surface area contributed by atoms with E-state index in [9.17, 15) is 0 Å². The molecule has 3 aromatic rings. The minimum atomic E-state index is 0.0718. The molecule has 1 atom stereocenters. The fraction of sp³-hybridized carbons (Fsp3) is 0.462. The lowest BCUT2D eigenvalue weighted by atomic mass is 9.99. The van der Waals surface area contributed by atoms with Crippen molar-refractivity contribution in [2.45, 2.75) is 32.4 Å². The van der Waals surface area contributed by atoms with Crippen LogP contribution in [0.15, 0.2) is 42.9 Å². The zero-order valence-electron chi connectivity index (χ0n) is 19.3. The summed E-state index contributed by atoms with van der Waals surface area (Å²) in [4.78, 5) is 14.1. The van der Waals surface area contributed by atoms with Crippen LogP contribution in [-0.4, -0.2) is 54.2 Å². The highest BCUT2D eigenvalue weighted by Crippen LogP contribution is 2.48. The lowest BCUT2D eigenvalue weighted by Gasteiger charge is -2.30. The molecule has 1 fully saturated rings. The summed E-state index contributed by atoms with van der Waals surface area (Å²) >= 11 is 0. The molecular weight excluding hydrogens is 412 g/mol. The topological polar surface area (TPSA) is 65.5 Å². The van der Waals surface area contributed by atoms with E-state index in [-0.39, 0.29) is 6.17 Å². The lowest BCUT2D eigenvalue weighted by Crippen LogP contribution is -2.34. The third kappa shape index (κ3) is 3.95. The third-order valence-corrected chi connectivity index (χ3v) is 7.24. The average Bonchev–Trinajstić information content (AvgIpc) is 3.11. The molecular formula is C26H32N6O. The van der Waals surface area contributed by atoms with E-state index < -0.39 is 0 Å². The molecule has 1 aromatic carbocycles. The minimum absolute atomic E-state index is 0.0718. The van der Waals surface area contributed by atoms with Crippen LogP contribution >= 0.6 is 0 Å². The van der Waals surface area contributed by atoms with Crippen molar-refractivity contribution in [2.24, 2.45) is 5.92 Å². The van der Waals surface area contributed by atoms with E-state index in [1.807, 2.05) is 24.7 Å². The first-order valence-corrected chi connectivity index (χ1v) is 12.2. The second-order valence-corrected chi connectivity index (χ2v) is 9.57. The molecule has 5 heterocycles. The fourth-order valence-electron chi connectivity index (χ4n) is 5.38. The van der Waals surface area contributed by atoms with Crippen LogP contribution in [0.25, 0.3) is 10.9 Å². The van der Waals surface area contributed by atoms with Gasteiger partial charge in [-0.1, -0.05) is 13.0 Å². The lowest BCUT2D eigenvalue weighted by molar-refractivity contribution is 0.177. The van der Waals surface area contributed by atoms with Crippen LogP contribution in [0.4, 0.5) is 17.1 Å². The maximum Gasteiger partial charge on any atom is 0.127 e. The summed E-state index contributed by atoms with van der Waals surface area (Å²) < 4.78 is 6.19. The van der Waals surface area contributed by atoms with Gasteiger partial charge in [-0.15, -0.1) is 0 Å². The maximum absolute atomic E-state index is 6.19. The first-order chi connectivity index (χ1) is 16.3. The van der Waals surface area contributed by atoms with Gasteiger partial charge in [0.05, 0.1) is 29.7 Å². The number of hydrogen-bond acceptors (Lipinski definition) is 7. The number of nitrogens with zero attached hydrogens (tertiary/aromatic N) is 4. The van der Waals surface area contributed by atoms with Gasteiger partial charge < -0.3 is 25.2 Å². The Balaban J connectivity index is 1.20. The van der Waals surface area contributed by atoms with Crippen molar-refractivity contribution in [2.75, 3.05) is 54.9 Å². The van der Waals surface area contributed by atoms with Gasteiger partial charge in [0.15, 0.2) is 0 Å². The van der Waals surface area contributed by atoms with Gasteiger partial charge in [-0.25, -0.2) is 0 Å². The van der Waals surface area contributed by atoms with Gasteiger partial charge >= 0.3 is 0 Å². The summed E-state index contributed by atoms with van der Waals surface area (Å²) in [6.07, 6.45) is 9.49. The molecule has 0 bridgehead atoms. The third-order valence-electron chi connectivity index (χ3n) is 7.24. The number of nitrogens with one attached hydrogen (secondary N) is 2. The molecule has 7 heteroatoms. The monoisotopic (exact) mass is 444 g/mol. The molecule has 0 amide bonds. The van der Waals surface area contributed by atoms with Gasteiger partial charge in [-0.3, -0.25) is 9.97 Å². The van der Waals surface area contributed by atoms with Crippen molar-refractivity contribution in [1.29, 1.82) is 0 Å². The number of pyridine rings is 2. The van der Waals surface area contributed by atoms with Crippen molar-refractivity contribution < 1.29 is 4.74 Å². The second-order valence-electron chi connectivity index (χ2n) is 9.57. The summed E-state index contributed by atoms with van der Waals surface area (Å²) in [7, 11) is 0. The first kappa shape index (κ1) is 20.5. The van der Waals surface area contributed by atoms with E-state index in [0.717, 1.165) is 66.8 Å². The zero-order chi connectivity index (χ0) is 22.2. The summed E-state index contributed by atoms with van der Waals surface area (Å²) in [5, 5.41) is 8.45. The quantitative estimate of drug-likeness (QED) is 0.543. The van der Waals surface area contributed by atoms with Crippen LogP contribution in [0.5, 0.6) is 5.75 Å². The largest absolute Gasteiger partial charge is 0.493 e. The van der Waals surface area contributed by atoms with E-state index in [0.29, 0.717) is 0 Å². The smallest absolute Gasteiger partial charge is 0.127 e. The van der Waals surface area contributed by atoms with Crippen LogP contribution in [0.1, 0.15) is 37.9 Å². The molecule has 0 spiro atoms. The number of hydrogen-bond donors (Lipinski definition) is 2. The average molecular weight is 445 g/mol. The molecule has 1 saturated heterocycles. The highest BCUT2D eigenvalue weighted by atomic mass is 16.5. The zero-order valence-corrected chi connectivity index (χ0v) is 19.3. The van der Waals surface area contributed by atoms with Crippen LogP contribution in [0.3, 0.4) is 0 Å². The summed E-state index contributed by atoms with van der Waals surface area (Å²) in [6.45, 7) is 8.43. The number of rotatable bonds is 6. The molecule has 33 heavy (non-hydrogen) atoms. The normalized spacial score (nSPS) is 20.4. The molecule has 0 saturated carbocycles. The minimum Gasteiger partial charge on any atom is -0.493 e. The summed E-state index contributed by atoms with van der Waals surface area (Å²) in [5.41, 5.74) is 5.53. The van der Waals surface area contributed by atoms with Gasteiger partial charge in [0, 0.05) is 60.8 Å². The molecule has 2 N–H and O–H groups in total. The van der Waals surface area contributed by atoms with Crippen LogP contribution in [-0.2, 0) is 0 Å². The van der Waals surface area contributed by atoms with Gasteiger partial charge in [0.2, 0.25) is 0 Å². The molecule has 7 nitrogen and oxygen atoms in total. The molecule has 2 aromatic heterocycles. The Hall–Kier alpha value is -3.06. The number of likely N-dealkylation sites (tertiary alicyclic amines) is 1. The van der Waals surface area contributed by atoms with Crippen molar-refractivity contribution in [1.82, 2.24) is 14.9 Å². The van der Waals surface area contributed by atoms with E-state index in [2.05, 4.69) is 50.5 Å². The first-order valence-electron chi connectivity index (χ1n) is 12.2. The van der Waals surface area contributed by atoms with E-state index >= 15 is 0 Å². The predicted molar refractivity (Wildman–Crippen MR) is 133 cm³/mol. The van der Waals surface area contributed by atoms with Crippen molar-refractivity contribution in [3.05, 3.63) is 48.4 Å². The SMILES string of the molecule is CC1CCN(CCCOc2cc3c4c5c(cnc4c2)NC(c2cccnc2)N5CCN3)CC1. The van der Waals surface area contributed by atoms with E-state index in [1.54, 1.807) is 0 Å². The summed E-state index contributed by atoms with van der Waals surface area (Å²) in [5.74, 6) is 1.77. The Morgan fingerprint density at radius 2 is 2.03 bits per heavy atom. The van der Waals surface area contributed by atoms with Crippen LogP contribution in [0, 0.1) is 5.92 Å². The molecule has 6 rings (SSSR count). The van der Waals surface area contributed by atoms with Gasteiger partial charge in [0.25, 0.3) is 0 Å². The van der Waals surface area contributed by atoms with Gasteiger partial charge in [-0.05, 0) is 44.3 Å². The Morgan fingerprint density at radius 1 is 1.12 bits per heavy atom. The number of anilines is 3. The molecule has 0 radical (unpaired) electrons. The Morgan fingerprint density at radius 3 is 2.88 bits per heavy atom. The summed E-state index contributed by atoms with van der Waals surface area (Å²) in [6, 6.07) is 8.35. The number of piperidine rings is 1. The van der Waals surface area contributed by atoms with Gasteiger partial charge in [0.1, 0.15) is 11.9 Å². The number of benzene rings is 1. The molecule has 172 valence electrons. The Kier molecular flexibility index (Phi) is 5.42. The predicted octanol–water partition coefficient (Wildman–Crippen LogP) is 4.49. The highest BCUT2D eigenvalue weighted by molar-refractivity contribution is 6.08. The highest BCUT2D eigenvalue weighted by Gasteiger charge is 2.34. The van der Waals surface area contributed by atoms with Crippen molar-refractivity contribution in [3.63, 3.8) is 0 Å². The fourth-order valence-corrected chi connectivity index (χ4v) is 5.38. The van der Waals surface area contributed by atoms with E-state index in [1.165, 1.54) is 37.0 Å². The Labute approximate surface area is 195 Å². The van der Waals surface area contributed by atoms with Crippen molar-refractivity contribution in [3.8, 4) is 5.75 Å². The Bertz CT molecular complexity index is 1130. The van der Waals surface area contributed by atoms with Crippen LogP contribution in [0.2, 0.25) is 0 Å². The molecule has 3 aliphatic heterocycles. The van der Waals surface area contributed by atoms with E-state index in [4.69, 9.17) is 9.72 Å². The molecule has 3 aliphatic rings. The number of ether oxygens (including phenoxy) is 1. The van der Waals surface area contributed by atoms with Crippen LogP contribution < -0.4 is 20.3 Å². The molecule has 0 aliphatic carbocycles. The van der Waals surface area contributed by atoms with Gasteiger partial charge in [-0.2, -0.15) is 0 Å². The second kappa shape index (κ2) is 8.71. The van der Waals surface area contributed by atoms with Crippen molar-refractivity contribution >= 4 is 28.0 Å². The standard InChI is InChI=1S/C26H32N6O/c1-18-5-10-31(11-6-18)9-3-13-33-20-14-21-24-22(15-20)29-17-23-25(24)32(12-8-28-21)26(30-23)19-4-2-7-27-16-19/h2,4,7,14-18,26,28,30H,3,5-6,8-13H2,1H3. The maximum atomic E-state index is 6.19. The number of aromatic nitrogens is 2.